The van der Waals surface area contributed by atoms with Gasteiger partial charge in [0.1, 0.15) is 42.7 Å². The van der Waals surface area contributed by atoms with Crippen LogP contribution in [0.25, 0.3) is 0 Å². The highest BCUT2D eigenvalue weighted by Crippen LogP contribution is 2.25. The maximum atomic E-state index is 11.4. The fraction of sp³-hybridized carbons (Fsp3) is 0.944. The molecule has 1 saturated heterocycles. The minimum absolute atomic E-state index is 0.286. The van der Waals surface area contributed by atoms with Crippen molar-refractivity contribution in [2.75, 3.05) is 13.2 Å². The third-order valence-corrected chi connectivity index (χ3v) is 4.66. The molecule has 0 aliphatic carbocycles. The van der Waals surface area contributed by atoms with Gasteiger partial charge in [-0.3, -0.25) is 4.79 Å². The van der Waals surface area contributed by atoms with Gasteiger partial charge in [0.25, 0.3) is 0 Å². The Morgan fingerprint density at radius 2 is 1.66 bits per heavy atom. The predicted octanol–water partition coefficient (Wildman–Crippen LogP) is -3.17. The van der Waals surface area contributed by atoms with E-state index in [0.717, 1.165) is 0 Å². The second-order valence-electron chi connectivity index (χ2n) is 8.65. The average Bonchev–Trinajstić information content (AvgIpc) is 2.62. The third-order valence-electron chi connectivity index (χ3n) is 4.66. The highest BCUT2D eigenvalue weighted by molar-refractivity contribution is 5.73. The molecule has 0 saturated carbocycles. The van der Waals surface area contributed by atoms with E-state index in [-0.39, 0.29) is 5.41 Å². The van der Waals surface area contributed by atoms with E-state index in [4.69, 9.17) is 14.6 Å². The lowest BCUT2D eigenvalue weighted by Crippen LogP contribution is -2.60. The van der Waals surface area contributed by atoms with E-state index in [1.807, 2.05) is 20.8 Å². The summed E-state index contributed by atoms with van der Waals surface area (Å²) in [6.07, 6.45) is -12.0. The van der Waals surface area contributed by atoms with Crippen molar-refractivity contribution in [1.82, 2.24) is 5.32 Å². The molecule has 0 spiro atoms. The topological polar surface area (TPSA) is 189 Å². The molecule has 0 aromatic heterocycles. The van der Waals surface area contributed by atoms with Gasteiger partial charge in [-0.1, -0.05) is 20.8 Å². The number of hydrogen-bond acceptors (Lipinski definition) is 10. The number of nitrogens with one attached hydrogen (secondary N) is 1. The average molecular weight is 425 g/mol. The number of carbonyl (C=O) groups excluding carboxylic acids is 1. The van der Waals surface area contributed by atoms with Gasteiger partial charge in [0.05, 0.1) is 19.3 Å². The van der Waals surface area contributed by atoms with Crippen molar-refractivity contribution in [3.05, 3.63) is 0 Å². The van der Waals surface area contributed by atoms with Gasteiger partial charge in [-0.15, -0.1) is 0 Å². The summed E-state index contributed by atoms with van der Waals surface area (Å²) in [6.45, 7) is 5.70. The van der Waals surface area contributed by atoms with Crippen molar-refractivity contribution < 1.29 is 50.0 Å². The number of ether oxygens (including phenoxy) is 2. The molecular weight excluding hydrogens is 390 g/mol. The largest absolute Gasteiger partial charge is 0.394 e. The zero-order valence-corrected chi connectivity index (χ0v) is 17.2. The molecule has 0 bridgehead atoms. The van der Waals surface area contributed by atoms with Crippen LogP contribution in [0.4, 0.5) is 0 Å². The lowest BCUT2D eigenvalue weighted by Gasteiger charge is -2.40. The summed E-state index contributed by atoms with van der Waals surface area (Å²) in [5, 5.41) is 72.0. The van der Waals surface area contributed by atoms with Crippen LogP contribution >= 0.6 is 0 Å². The van der Waals surface area contributed by atoms with Crippen LogP contribution in [-0.4, -0.2) is 110 Å². The maximum Gasteiger partial charge on any atom is 0.217 e. The van der Waals surface area contributed by atoms with Gasteiger partial charge >= 0.3 is 0 Å². The predicted molar refractivity (Wildman–Crippen MR) is 99.4 cm³/mol. The second kappa shape index (κ2) is 10.9. The lowest BCUT2D eigenvalue weighted by molar-refractivity contribution is -0.306. The first-order valence-electron chi connectivity index (χ1n) is 9.52. The zero-order chi connectivity index (χ0) is 22.5. The fourth-order valence-electron chi connectivity index (χ4n) is 3.14. The summed E-state index contributed by atoms with van der Waals surface area (Å²) in [5.74, 6) is -0.405. The van der Waals surface area contributed by atoms with Crippen LogP contribution in [-0.2, 0) is 14.3 Å². The number of amides is 1. The quantitative estimate of drug-likeness (QED) is 0.187. The molecule has 172 valence electrons. The molecule has 9 atom stereocenters. The van der Waals surface area contributed by atoms with Gasteiger partial charge in [-0.2, -0.15) is 0 Å². The normalized spacial score (nSPS) is 32.3. The summed E-state index contributed by atoms with van der Waals surface area (Å²) < 4.78 is 10.3. The van der Waals surface area contributed by atoms with Gasteiger partial charge in [-0.25, -0.2) is 0 Å². The highest BCUT2D eigenvalue weighted by atomic mass is 16.7. The van der Waals surface area contributed by atoms with E-state index in [1.165, 1.54) is 6.92 Å². The molecule has 1 fully saturated rings. The van der Waals surface area contributed by atoms with Gasteiger partial charge in [0, 0.05) is 6.92 Å². The van der Waals surface area contributed by atoms with Crippen LogP contribution in [0.5, 0.6) is 0 Å². The summed E-state index contributed by atoms with van der Waals surface area (Å²) in [5.41, 5.74) is -0.286. The monoisotopic (exact) mass is 425 g/mol. The smallest absolute Gasteiger partial charge is 0.217 e. The zero-order valence-electron chi connectivity index (χ0n) is 17.2. The van der Waals surface area contributed by atoms with Gasteiger partial charge in [0.15, 0.2) is 6.29 Å². The molecule has 8 N–H and O–H groups in total. The Labute approximate surface area is 169 Å². The summed E-state index contributed by atoms with van der Waals surface area (Å²) in [4.78, 5) is 11.4. The Bertz CT molecular complexity index is 511. The van der Waals surface area contributed by atoms with Gasteiger partial charge in [0.2, 0.25) is 5.91 Å². The lowest BCUT2D eigenvalue weighted by atomic mass is 9.84. The summed E-state index contributed by atoms with van der Waals surface area (Å²) >= 11 is 0. The van der Waals surface area contributed by atoms with Gasteiger partial charge in [-0.05, 0) is 11.8 Å². The van der Waals surface area contributed by atoms with Crippen molar-refractivity contribution in [3.63, 3.8) is 0 Å². The molecule has 0 radical (unpaired) electrons. The van der Waals surface area contributed by atoms with E-state index in [2.05, 4.69) is 5.32 Å². The molecule has 1 heterocycles. The highest BCUT2D eigenvalue weighted by Gasteiger charge is 2.44. The first-order chi connectivity index (χ1) is 13.3. The molecule has 11 heteroatoms. The van der Waals surface area contributed by atoms with Crippen LogP contribution in [0.2, 0.25) is 0 Å². The molecule has 0 aromatic carbocycles. The summed E-state index contributed by atoms with van der Waals surface area (Å²) in [7, 11) is 0. The van der Waals surface area contributed by atoms with E-state index in [1.54, 1.807) is 0 Å². The van der Waals surface area contributed by atoms with Crippen molar-refractivity contribution in [1.29, 1.82) is 0 Å². The van der Waals surface area contributed by atoms with Gasteiger partial charge < -0.3 is 50.5 Å². The first kappa shape index (κ1) is 26.1. The van der Waals surface area contributed by atoms with Crippen molar-refractivity contribution in [2.45, 2.75) is 89.2 Å². The van der Waals surface area contributed by atoms with Crippen molar-refractivity contribution in [2.24, 2.45) is 5.41 Å². The first-order valence-corrected chi connectivity index (χ1v) is 9.52. The number of aliphatic hydroxyl groups excluding tert-OH is 7. The van der Waals surface area contributed by atoms with Crippen LogP contribution in [0.3, 0.4) is 0 Å². The Morgan fingerprint density at radius 1 is 1.07 bits per heavy atom. The molecule has 11 nitrogen and oxygen atoms in total. The van der Waals surface area contributed by atoms with E-state index in [9.17, 15) is 35.4 Å². The number of aliphatic hydroxyl groups is 7. The number of carbonyl (C=O) groups is 1. The third kappa shape index (κ3) is 7.70. The van der Waals surface area contributed by atoms with Crippen LogP contribution in [0, 0.1) is 5.41 Å². The maximum absolute atomic E-state index is 11.4. The standard InChI is InChI=1S/C18H35NO10/c1-8(21)19-9(5-18(2,3)4)12(23)13(24)10(22)7-28-17-16(27)15(26)14(25)11(6-20)29-17/h9-17,20,22-27H,5-7H2,1-4H3,(H,19,21). The number of hydrogen-bond donors (Lipinski definition) is 8. The minimum atomic E-state index is -1.70. The summed E-state index contributed by atoms with van der Waals surface area (Å²) in [6, 6.07) is -0.829. The Balaban J connectivity index is 2.71. The molecule has 1 rings (SSSR count). The number of rotatable bonds is 9. The molecule has 0 aromatic rings. The van der Waals surface area contributed by atoms with Crippen LogP contribution in [0.1, 0.15) is 34.1 Å². The van der Waals surface area contributed by atoms with E-state index >= 15 is 0 Å². The SMILES string of the molecule is CC(=O)NC(CC(C)(C)C)C(O)C(O)C(O)COC1OC(CO)C(O)C(O)C1O. The van der Waals surface area contributed by atoms with Crippen molar-refractivity contribution in [3.8, 4) is 0 Å². The molecule has 1 aliphatic heterocycles. The van der Waals surface area contributed by atoms with Crippen LogP contribution < -0.4 is 5.32 Å². The molecular formula is C18H35NO10. The molecule has 1 aliphatic rings. The molecule has 1 amide bonds. The van der Waals surface area contributed by atoms with Crippen LogP contribution in [0.15, 0.2) is 0 Å². The molecule has 9 unspecified atom stereocenters. The van der Waals surface area contributed by atoms with E-state index < -0.39 is 74.2 Å². The van der Waals surface area contributed by atoms with Crippen molar-refractivity contribution >= 4 is 5.91 Å². The van der Waals surface area contributed by atoms with E-state index in [0.29, 0.717) is 6.42 Å². The Kier molecular flexibility index (Phi) is 9.86. The Morgan fingerprint density at radius 3 is 2.14 bits per heavy atom. The minimum Gasteiger partial charge on any atom is -0.394 e. The Hall–Kier alpha value is -0.890. The second-order valence-corrected chi connectivity index (χ2v) is 8.65. The molecule has 29 heavy (non-hydrogen) atoms. The fourth-order valence-corrected chi connectivity index (χ4v) is 3.14.